The SMILES string of the molecule is CCN(CC)S(=O)(=O)c1ccc2c(c1)nc(SCC(=O)c1ccc(F)cc1)n2-c1ccccc1OC. The number of ether oxygens (including phenoxy) is 1. The number of aromatic nitrogens is 2. The zero-order chi connectivity index (χ0) is 25.9. The minimum Gasteiger partial charge on any atom is -0.495 e. The number of hydrogen-bond donors (Lipinski definition) is 0. The summed E-state index contributed by atoms with van der Waals surface area (Å²) in [4.78, 5) is 17.6. The van der Waals surface area contributed by atoms with Gasteiger partial charge in [0.05, 0.1) is 34.5 Å². The summed E-state index contributed by atoms with van der Waals surface area (Å²) in [5.41, 5.74) is 2.26. The maximum atomic E-state index is 13.3. The topological polar surface area (TPSA) is 81.5 Å². The molecule has 0 aliphatic carbocycles. The van der Waals surface area contributed by atoms with E-state index in [9.17, 15) is 17.6 Å². The van der Waals surface area contributed by atoms with E-state index >= 15 is 0 Å². The van der Waals surface area contributed by atoms with Crippen LogP contribution in [0.2, 0.25) is 0 Å². The number of benzene rings is 3. The second-order valence-corrected chi connectivity index (χ2v) is 10.7. The Kier molecular flexibility index (Phi) is 7.77. The summed E-state index contributed by atoms with van der Waals surface area (Å²) in [5, 5.41) is 0.502. The molecular weight excluding hydrogens is 501 g/mol. The molecule has 0 amide bonds. The van der Waals surface area contributed by atoms with Crippen molar-refractivity contribution >= 4 is 38.6 Å². The molecule has 188 valence electrons. The predicted molar refractivity (Wildman–Crippen MR) is 139 cm³/mol. The van der Waals surface area contributed by atoms with Gasteiger partial charge in [-0.25, -0.2) is 17.8 Å². The number of para-hydroxylation sites is 2. The van der Waals surface area contributed by atoms with Gasteiger partial charge in [0.15, 0.2) is 10.9 Å². The van der Waals surface area contributed by atoms with Crippen molar-refractivity contribution in [3.05, 3.63) is 78.1 Å². The van der Waals surface area contributed by atoms with Crippen LogP contribution in [0.3, 0.4) is 0 Å². The van der Waals surface area contributed by atoms with Crippen molar-refractivity contribution in [1.82, 2.24) is 13.9 Å². The Labute approximate surface area is 214 Å². The number of imidazole rings is 1. The standard InChI is InChI=1S/C26H26FN3O4S2/c1-4-29(5-2)36(32,33)20-14-15-22-21(16-20)28-26(30(22)23-8-6-7-9-25(23)34-3)35-17-24(31)18-10-12-19(27)13-11-18/h6-16H,4-5,17H2,1-3H3. The minimum absolute atomic E-state index is 0.0642. The lowest BCUT2D eigenvalue weighted by Crippen LogP contribution is -2.30. The summed E-state index contributed by atoms with van der Waals surface area (Å²) >= 11 is 1.22. The summed E-state index contributed by atoms with van der Waals surface area (Å²) in [6.45, 7) is 4.31. The van der Waals surface area contributed by atoms with E-state index in [1.54, 1.807) is 39.2 Å². The van der Waals surface area contributed by atoms with Crippen molar-refractivity contribution in [2.24, 2.45) is 0 Å². The van der Waals surface area contributed by atoms with Gasteiger partial charge >= 0.3 is 0 Å². The van der Waals surface area contributed by atoms with E-state index in [1.165, 1.54) is 40.3 Å². The molecule has 4 aromatic rings. The fourth-order valence-corrected chi connectivity index (χ4v) is 6.30. The first-order valence-electron chi connectivity index (χ1n) is 11.4. The lowest BCUT2D eigenvalue weighted by molar-refractivity contribution is 0.102. The monoisotopic (exact) mass is 527 g/mol. The Balaban J connectivity index is 1.80. The van der Waals surface area contributed by atoms with Gasteiger partial charge < -0.3 is 4.74 Å². The lowest BCUT2D eigenvalue weighted by atomic mass is 10.1. The Morgan fingerprint density at radius 1 is 1.06 bits per heavy atom. The lowest BCUT2D eigenvalue weighted by Gasteiger charge is -2.18. The fourth-order valence-electron chi connectivity index (χ4n) is 3.90. The highest BCUT2D eigenvalue weighted by atomic mass is 32.2. The minimum atomic E-state index is -3.67. The molecule has 4 rings (SSSR count). The molecule has 0 aliphatic heterocycles. The largest absolute Gasteiger partial charge is 0.495 e. The molecule has 0 fully saturated rings. The molecule has 3 aromatic carbocycles. The Morgan fingerprint density at radius 2 is 1.75 bits per heavy atom. The van der Waals surface area contributed by atoms with Crippen LogP contribution in [0.1, 0.15) is 24.2 Å². The molecule has 0 saturated carbocycles. The number of hydrogen-bond acceptors (Lipinski definition) is 6. The van der Waals surface area contributed by atoms with Gasteiger partial charge in [-0.1, -0.05) is 37.7 Å². The highest BCUT2D eigenvalue weighted by Crippen LogP contribution is 2.34. The van der Waals surface area contributed by atoms with Gasteiger partial charge in [0.25, 0.3) is 0 Å². The first-order valence-corrected chi connectivity index (χ1v) is 13.8. The van der Waals surface area contributed by atoms with Gasteiger partial charge in [0, 0.05) is 18.7 Å². The van der Waals surface area contributed by atoms with E-state index in [0.29, 0.717) is 46.3 Å². The van der Waals surface area contributed by atoms with Crippen molar-refractivity contribution in [3.8, 4) is 11.4 Å². The molecule has 0 saturated heterocycles. The highest BCUT2D eigenvalue weighted by molar-refractivity contribution is 7.99. The number of Topliss-reactive ketones (excluding diaryl/α,β-unsaturated/α-hetero) is 1. The molecule has 0 spiro atoms. The molecule has 0 radical (unpaired) electrons. The van der Waals surface area contributed by atoms with E-state index < -0.39 is 15.8 Å². The van der Waals surface area contributed by atoms with Crippen molar-refractivity contribution in [3.63, 3.8) is 0 Å². The zero-order valence-corrected chi connectivity index (χ0v) is 21.8. The smallest absolute Gasteiger partial charge is 0.243 e. The molecule has 1 heterocycles. The van der Waals surface area contributed by atoms with E-state index in [-0.39, 0.29) is 16.4 Å². The summed E-state index contributed by atoms with van der Waals surface area (Å²) in [6.07, 6.45) is 0. The Bertz CT molecular complexity index is 1500. The second kappa shape index (κ2) is 10.8. The number of ketones is 1. The predicted octanol–water partition coefficient (Wildman–Crippen LogP) is 5.18. The van der Waals surface area contributed by atoms with Gasteiger partial charge in [-0.15, -0.1) is 0 Å². The van der Waals surface area contributed by atoms with Crippen LogP contribution < -0.4 is 4.74 Å². The fraction of sp³-hybridized carbons (Fsp3) is 0.231. The van der Waals surface area contributed by atoms with Crippen molar-refractivity contribution in [1.29, 1.82) is 0 Å². The normalized spacial score (nSPS) is 11.8. The van der Waals surface area contributed by atoms with Crippen LogP contribution >= 0.6 is 11.8 Å². The molecule has 36 heavy (non-hydrogen) atoms. The van der Waals surface area contributed by atoms with Crippen LogP contribution in [0.25, 0.3) is 16.7 Å². The molecule has 0 bridgehead atoms. The van der Waals surface area contributed by atoms with Crippen LogP contribution in [0.5, 0.6) is 5.75 Å². The summed E-state index contributed by atoms with van der Waals surface area (Å²) in [6, 6.07) is 17.6. The molecular formula is C26H26FN3O4S2. The second-order valence-electron chi connectivity index (χ2n) is 7.86. The summed E-state index contributed by atoms with van der Waals surface area (Å²) in [7, 11) is -2.10. The molecule has 0 aliphatic rings. The molecule has 0 unspecified atom stereocenters. The number of carbonyl (C=O) groups is 1. The highest BCUT2D eigenvalue weighted by Gasteiger charge is 2.24. The molecule has 0 N–H and O–H groups in total. The van der Waals surface area contributed by atoms with Crippen LogP contribution in [0, 0.1) is 5.82 Å². The molecule has 0 atom stereocenters. The van der Waals surface area contributed by atoms with E-state index in [1.807, 2.05) is 28.8 Å². The number of sulfonamides is 1. The number of halogens is 1. The van der Waals surface area contributed by atoms with Gasteiger partial charge in [0.2, 0.25) is 10.0 Å². The number of methoxy groups -OCH3 is 1. The Morgan fingerprint density at radius 3 is 2.42 bits per heavy atom. The molecule has 1 aromatic heterocycles. The first kappa shape index (κ1) is 25.9. The number of rotatable bonds is 10. The van der Waals surface area contributed by atoms with E-state index in [2.05, 4.69) is 0 Å². The number of fused-ring (bicyclic) bond motifs is 1. The van der Waals surface area contributed by atoms with E-state index in [4.69, 9.17) is 9.72 Å². The van der Waals surface area contributed by atoms with Crippen LogP contribution in [-0.4, -0.2) is 54.0 Å². The maximum Gasteiger partial charge on any atom is 0.243 e. The van der Waals surface area contributed by atoms with E-state index in [0.717, 1.165) is 0 Å². The number of thioether (sulfide) groups is 1. The van der Waals surface area contributed by atoms with Gasteiger partial charge in [-0.2, -0.15) is 4.31 Å². The van der Waals surface area contributed by atoms with Gasteiger partial charge in [-0.05, 0) is 54.6 Å². The summed E-state index contributed by atoms with van der Waals surface area (Å²) in [5.74, 6) is 0.0775. The number of nitrogens with zero attached hydrogens (tertiary/aromatic N) is 3. The molecule has 7 nitrogen and oxygen atoms in total. The average molecular weight is 528 g/mol. The third-order valence-electron chi connectivity index (χ3n) is 5.76. The van der Waals surface area contributed by atoms with Crippen LogP contribution in [-0.2, 0) is 10.0 Å². The van der Waals surface area contributed by atoms with Crippen molar-refractivity contribution in [2.45, 2.75) is 23.9 Å². The third kappa shape index (κ3) is 5.02. The summed E-state index contributed by atoms with van der Waals surface area (Å²) < 4.78 is 48.2. The Hall–Kier alpha value is -3.21. The molecule has 10 heteroatoms. The van der Waals surface area contributed by atoms with Crippen molar-refractivity contribution < 1.29 is 22.3 Å². The first-order chi connectivity index (χ1) is 17.3. The number of carbonyl (C=O) groups excluding carboxylic acids is 1. The average Bonchev–Trinajstić information content (AvgIpc) is 3.25. The van der Waals surface area contributed by atoms with Gasteiger partial charge in [-0.3, -0.25) is 9.36 Å². The third-order valence-corrected chi connectivity index (χ3v) is 8.75. The zero-order valence-electron chi connectivity index (χ0n) is 20.1. The maximum absolute atomic E-state index is 13.3. The van der Waals surface area contributed by atoms with Crippen LogP contribution in [0.15, 0.2) is 76.8 Å². The van der Waals surface area contributed by atoms with Gasteiger partial charge in [0.1, 0.15) is 11.6 Å². The van der Waals surface area contributed by atoms with Crippen LogP contribution in [0.4, 0.5) is 4.39 Å². The quantitative estimate of drug-likeness (QED) is 0.209. The van der Waals surface area contributed by atoms with Crippen molar-refractivity contribution in [2.75, 3.05) is 26.0 Å².